The minimum absolute atomic E-state index is 0.103. The second-order valence-corrected chi connectivity index (χ2v) is 16.9. The van der Waals surface area contributed by atoms with Crippen LogP contribution in [-0.2, 0) is 38.9 Å². The Bertz CT molecular complexity index is 2580. The van der Waals surface area contributed by atoms with E-state index in [1.165, 1.54) is 22.3 Å². The lowest BCUT2D eigenvalue weighted by Crippen LogP contribution is -2.14. The van der Waals surface area contributed by atoms with E-state index in [4.69, 9.17) is 33.9 Å². The molecule has 5 aromatic carbocycles. The Morgan fingerprint density at radius 3 is 1.86 bits per heavy atom. The molecule has 334 valence electrons. The third-order valence-corrected chi connectivity index (χ3v) is 12.0. The van der Waals surface area contributed by atoms with E-state index in [-0.39, 0.29) is 24.9 Å². The van der Waals surface area contributed by atoms with Gasteiger partial charge in [-0.3, -0.25) is 14.8 Å². The number of pyridine rings is 1. The van der Waals surface area contributed by atoms with Gasteiger partial charge >= 0.3 is 0 Å². The Hall–Kier alpha value is -6.28. The van der Waals surface area contributed by atoms with Gasteiger partial charge in [-0.15, -0.1) is 0 Å². The number of para-hydroxylation sites is 1. The highest BCUT2D eigenvalue weighted by molar-refractivity contribution is 6.00. The van der Waals surface area contributed by atoms with Gasteiger partial charge in [0.05, 0.1) is 36.8 Å². The molecule has 6 rings (SSSR count). The van der Waals surface area contributed by atoms with Gasteiger partial charge in [-0.1, -0.05) is 108 Å². The maximum Gasteiger partial charge on any atom is 0.163 e. The van der Waals surface area contributed by atoms with Crippen LogP contribution in [0.1, 0.15) is 104 Å². The number of Topliss-reactive ketones (excluding diaryl/α,β-unsaturated/α-hetero) is 1. The number of carbonyl (C=O) groups excluding carboxylic acids is 1. The van der Waals surface area contributed by atoms with Crippen LogP contribution < -0.4 is 18.9 Å². The predicted octanol–water partition coefficient (Wildman–Crippen LogP) is 13.6. The number of nitrogens with zero attached hydrogens (tertiary/aromatic N) is 3. The highest BCUT2D eigenvalue weighted by atomic mass is 16.5. The van der Waals surface area contributed by atoms with Crippen LogP contribution in [0.2, 0.25) is 0 Å². The van der Waals surface area contributed by atoms with Crippen molar-refractivity contribution in [1.82, 2.24) is 4.98 Å². The zero-order valence-electron chi connectivity index (χ0n) is 39.2. The Morgan fingerprint density at radius 2 is 1.23 bits per heavy atom. The standard InChI is InChI=1S/C56H65N3O5/c1-10-19-40(27-43-22-15-13-20-41(43)11-2)33-57-51-31-55(53(61-8)26-38(51)6)63-35-46-29-47(59-50-25-18-17-24-48(46)50)36-64-56-32-52(49(39(7)60)30-54(56)62-9)58-34-45(37(4)5)28-44-23-16-14-21-42(44)12-3/h13-18,20-26,29-34,37,40,45H,10-12,19,27-28,35-36H2,1-9H3. The second kappa shape index (κ2) is 22.9. The Balaban J connectivity index is 1.24. The summed E-state index contributed by atoms with van der Waals surface area (Å²) in [6.45, 7) is 15.0. The van der Waals surface area contributed by atoms with Crippen molar-refractivity contribution in [1.29, 1.82) is 0 Å². The number of benzene rings is 5. The van der Waals surface area contributed by atoms with Gasteiger partial charge in [0, 0.05) is 47.0 Å². The lowest BCUT2D eigenvalue weighted by Gasteiger charge is -2.19. The van der Waals surface area contributed by atoms with E-state index in [0.717, 1.165) is 66.2 Å². The number of carbonyl (C=O) groups is 1. The molecule has 0 bridgehead atoms. The molecule has 64 heavy (non-hydrogen) atoms. The number of ether oxygens (including phenoxy) is 4. The number of methoxy groups -OCH3 is 2. The minimum atomic E-state index is -0.103. The fourth-order valence-corrected chi connectivity index (χ4v) is 8.24. The van der Waals surface area contributed by atoms with Crippen molar-refractivity contribution in [2.75, 3.05) is 14.2 Å². The van der Waals surface area contributed by atoms with Gasteiger partial charge in [-0.2, -0.15) is 0 Å². The maximum absolute atomic E-state index is 12.9. The van der Waals surface area contributed by atoms with E-state index in [2.05, 4.69) is 102 Å². The molecule has 1 aromatic heterocycles. The molecule has 1 heterocycles. The maximum atomic E-state index is 12.9. The van der Waals surface area contributed by atoms with E-state index < -0.39 is 0 Å². The smallest absolute Gasteiger partial charge is 0.163 e. The number of hydrogen-bond donors (Lipinski definition) is 0. The summed E-state index contributed by atoms with van der Waals surface area (Å²) in [4.78, 5) is 27.9. The third-order valence-electron chi connectivity index (χ3n) is 12.0. The summed E-state index contributed by atoms with van der Waals surface area (Å²) in [6, 6.07) is 34.8. The van der Waals surface area contributed by atoms with Crippen molar-refractivity contribution in [3.8, 4) is 23.0 Å². The lowest BCUT2D eigenvalue weighted by atomic mass is 9.88. The predicted molar refractivity (Wildman–Crippen MR) is 263 cm³/mol. The molecule has 0 N–H and O–H groups in total. The molecule has 0 radical (unpaired) electrons. The first-order valence-electron chi connectivity index (χ1n) is 22.8. The zero-order valence-corrected chi connectivity index (χ0v) is 39.2. The molecule has 8 nitrogen and oxygen atoms in total. The van der Waals surface area contributed by atoms with Gasteiger partial charge in [-0.25, -0.2) is 4.98 Å². The van der Waals surface area contributed by atoms with Gasteiger partial charge in [-0.05, 0) is 110 Å². The highest BCUT2D eigenvalue weighted by Crippen LogP contribution is 2.38. The van der Waals surface area contributed by atoms with Crippen molar-refractivity contribution >= 4 is 40.5 Å². The molecular formula is C56H65N3O5. The van der Waals surface area contributed by atoms with E-state index in [1.54, 1.807) is 33.3 Å². The molecule has 6 aromatic rings. The quantitative estimate of drug-likeness (QED) is 0.0499. The fraction of sp³-hybridized carbons (Fsp3) is 0.357. The van der Waals surface area contributed by atoms with Crippen molar-refractivity contribution < 1.29 is 23.7 Å². The molecule has 2 unspecified atom stereocenters. The topological polar surface area (TPSA) is 91.6 Å². The van der Waals surface area contributed by atoms with Crippen LogP contribution in [0.25, 0.3) is 10.9 Å². The van der Waals surface area contributed by atoms with E-state index in [9.17, 15) is 4.79 Å². The Labute approximate surface area is 380 Å². The monoisotopic (exact) mass is 859 g/mol. The molecule has 0 aliphatic carbocycles. The van der Waals surface area contributed by atoms with Crippen LogP contribution in [0.15, 0.2) is 113 Å². The van der Waals surface area contributed by atoms with Crippen molar-refractivity contribution in [2.24, 2.45) is 27.7 Å². The SMILES string of the molecule is CCCC(C=Nc1cc(OCc2cc(COc3cc(N=CC(Cc4ccccc4CC)C(C)C)c(C(C)=O)cc3OC)nc3ccccc23)c(OC)cc1C)Cc1ccccc1CC. The van der Waals surface area contributed by atoms with Crippen LogP contribution in [-0.4, -0.2) is 37.4 Å². The number of aryl methyl sites for hydroxylation is 3. The molecule has 0 aliphatic heterocycles. The molecular weight excluding hydrogens is 795 g/mol. The van der Waals surface area contributed by atoms with E-state index in [1.807, 2.05) is 42.6 Å². The number of aliphatic imine (C=N–C) groups is 2. The number of aromatic nitrogens is 1. The van der Waals surface area contributed by atoms with Gasteiger partial charge in [0.15, 0.2) is 28.8 Å². The lowest BCUT2D eigenvalue weighted by molar-refractivity contribution is 0.101. The van der Waals surface area contributed by atoms with Crippen molar-refractivity contribution in [3.63, 3.8) is 0 Å². The van der Waals surface area contributed by atoms with E-state index in [0.29, 0.717) is 51.8 Å². The molecule has 0 aliphatic rings. The van der Waals surface area contributed by atoms with Gasteiger partial charge in [0.1, 0.15) is 13.2 Å². The van der Waals surface area contributed by atoms with Crippen LogP contribution in [0.5, 0.6) is 23.0 Å². The van der Waals surface area contributed by atoms with Gasteiger partial charge in [0.2, 0.25) is 0 Å². The summed E-state index contributed by atoms with van der Waals surface area (Å²) in [5, 5.41) is 0.978. The molecule has 0 spiro atoms. The number of ketones is 1. The summed E-state index contributed by atoms with van der Waals surface area (Å²) in [6.07, 6.45) is 10.0. The van der Waals surface area contributed by atoms with E-state index >= 15 is 0 Å². The largest absolute Gasteiger partial charge is 0.493 e. The first kappa shape index (κ1) is 47.2. The summed E-state index contributed by atoms with van der Waals surface area (Å²) < 4.78 is 24.6. The molecule has 8 heteroatoms. The summed E-state index contributed by atoms with van der Waals surface area (Å²) in [7, 11) is 3.23. The van der Waals surface area contributed by atoms with Crippen molar-refractivity contribution in [2.45, 2.75) is 100 Å². The van der Waals surface area contributed by atoms with Crippen LogP contribution >= 0.6 is 0 Å². The van der Waals surface area contributed by atoms with Crippen LogP contribution in [0.3, 0.4) is 0 Å². The summed E-state index contributed by atoms with van der Waals surface area (Å²) in [5.41, 5.74) is 10.8. The summed E-state index contributed by atoms with van der Waals surface area (Å²) >= 11 is 0. The Kier molecular flexibility index (Phi) is 16.9. The molecule has 2 atom stereocenters. The number of hydrogen-bond acceptors (Lipinski definition) is 8. The first-order valence-corrected chi connectivity index (χ1v) is 22.8. The first-order chi connectivity index (χ1) is 31.0. The normalized spacial score (nSPS) is 12.6. The van der Waals surface area contributed by atoms with Crippen LogP contribution in [0, 0.1) is 24.7 Å². The number of fused-ring (bicyclic) bond motifs is 1. The minimum Gasteiger partial charge on any atom is -0.493 e. The molecule has 0 fully saturated rings. The average Bonchev–Trinajstić information content (AvgIpc) is 3.30. The third kappa shape index (κ3) is 12.0. The van der Waals surface area contributed by atoms with Gasteiger partial charge < -0.3 is 18.9 Å². The summed E-state index contributed by atoms with van der Waals surface area (Å²) in [5.74, 6) is 2.89. The van der Waals surface area contributed by atoms with Crippen molar-refractivity contribution in [3.05, 3.63) is 148 Å². The fourth-order valence-electron chi connectivity index (χ4n) is 8.24. The van der Waals surface area contributed by atoms with Crippen LogP contribution in [0.4, 0.5) is 11.4 Å². The molecule has 0 saturated carbocycles. The Morgan fingerprint density at radius 1 is 0.656 bits per heavy atom. The second-order valence-electron chi connectivity index (χ2n) is 16.9. The zero-order chi connectivity index (χ0) is 45.6. The average molecular weight is 860 g/mol. The molecule has 0 saturated heterocycles. The van der Waals surface area contributed by atoms with Gasteiger partial charge in [0.25, 0.3) is 0 Å². The number of rotatable bonds is 22. The highest BCUT2D eigenvalue weighted by Gasteiger charge is 2.19. The molecule has 0 amide bonds.